The summed E-state index contributed by atoms with van der Waals surface area (Å²) in [5, 5.41) is 5.49. The molecule has 1 aliphatic rings. The summed E-state index contributed by atoms with van der Waals surface area (Å²) < 4.78 is 39.3. The number of Topliss-reactive ketones (excluding diaryl/α,β-unsaturated/α-hetero) is 1. The standard InChI is InChI=1S/C35H37F2N3O4/c36-27-11-8-23(9-12-27)10-15-35(42)44-22-28-21-43-29(19-40-28)13-14-31-26(18-39-20-32(31)37)17-34(41)33(38)16-25-6-3-5-24-4-1-2-7-30(24)25/h1-9,11-12,18,20,28-29,33,40H,10,13-17,19,21-22,38H2/t28-,29+,33-/m0/s1. The summed E-state index contributed by atoms with van der Waals surface area (Å²) in [5.41, 5.74) is 9.20. The molecule has 0 unspecified atom stereocenters. The van der Waals surface area contributed by atoms with Crippen LogP contribution in [0.4, 0.5) is 8.78 Å². The third-order valence-electron chi connectivity index (χ3n) is 8.05. The molecule has 3 N–H and O–H groups in total. The first-order valence-electron chi connectivity index (χ1n) is 15.0. The number of rotatable bonds is 13. The maximum Gasteiger partial charge on any atom is 0.306 e. The van der Waals surface area contributed by atoms with Crippen molar-refractivity contribution in [1.82, 2.24) is 10.3 Å². The van der Waals surface area contributed by atoms with Crippen molar-refractivity contribution in [2.45, 2.75) is 56.7 Å². The summed E-state index contributed by atoms with van der Waals surface area (Å²) in [6, 6.07) is 19.1. The van der Waals surface area contributed by atoms with Crippen LogP contribution in [-0.2, 0) is 44.7 Å². The Hall–Kier alpha value is -4.05. The molecule has 5 rings (SSSR count). The van der Waals surface area contributed by atoms with Crippen molar-refractivity contribution < 1.29 is 27.8 Å². The van der Waals surface area contributed by atoms with Gasteiger partial charge in [0.05, 0.1) is 31.0 Å². The number of aryl methyl sites for hydroxylation is 1. The lowest BCUT2D eigenvalue weighted by Crippen LogP contribution is -2.49. The van der Waals surface area contributed by atoms with Gasteiger partial charge in [0.25, 0.3) is 0 Å². The molecule has 230 valence electrons. The van der Waals surface area contributed by atoms with E-state index in [1.807, 2.05) is 42.5 Å². The predicted molar refractivity (Wildman–Crippen MR) is 164 cm³/mol. The molecular formula is C35H37F2N3O4. The number of fused-ring (bicyclic) bond motifs is 1. The number of benzene rings is 3. The van der Waals surface area contributed by atoms with Crippen LogP contribution in [0.5, 0.6) is 0 Å². The molecule has 3 aromatic carbocycles. The number of pyridine rings is 1. The van der Waals surface area contributed by atoms with E-state index in [1.165, 1.54) is 18.3 Å². The number of nitrogens with zero attached hydrogens (tertiary/aromatic N) is 1. The molecule has 7 nitrogen and oxygen atoms in total. The number of esters is 1. The molecule has 0 amide bonds. The van der Waals surface area contributed by atoms with Crippen LogP contribution in [-0.4, -0.2) is 54.7 Å². The number of hydrogen-bond donors (Lipinski definition) is 2. The maximum atomic E-state index is 14.9. The zero-order valence-corrected chi connectivity index (χ0v) is 24.5. The molecule has 1 aromatic heterocycles. The van der Waals surface area contributed by atoms with E-state index in [0.717, 1.165) is 21.9 Å². The fraction of sp³-hybridized carbons (Fsp3) is 0.343. The Morgan fingerprint density at radius 2 is 1.80 bits per heavy atom. The summed E-state index contributed by atoms with van der Waals surface area (Å²) in [4.78, 5) is 29.3. The van der Waals surface area contributed by atoms with Gasteiger partial charge in [-0.15, -0.1) is 0 Å². The van der Waals surface area contributed by atoms with Crippen molar-refractivity contribution >= 4 is 22.5 Å². The number of nitrogens with two attached hydrogens (primary N) is 1. The van der Waals surface area contributed by atoms with Crippen LogP contribution in [0.3, 0.4) is 0 Å². The first-order valence-corrected chi connectivity index (χ1v) is 15.0. The molecule has 9 heteroatoms. The molecule has 0 bridgehead atoms. The molecule has 1 saturated heterocycles. The topological polar surface area (TPSA) is 104 Å². The second-order valence-electron chi connectivity index (χ2n) is 11.3. The number of carbonyl (C=O) groups excluding carboxylic acids is 2. The van der Waals surface area contributed by atoms with Crippen LogP contribution < -0.4 is 11.1 Å². The van der Waals surface area contributed by atoms with Gasteiger partial charge in [-0.2, -0.15) is 0 Å². The lowest BCUT2D eigenvalue weighted by molar-refractivity contribution is -0.145. The first-order chi connectivity index (χ1) is 21.4. The smallest absolute Gasteiger partial charge is 0.306 e. The molecule has 0 spiro atoms. The van der Waals surface area contributed by atoms with E-state index >= 15 is 0 Å². The van der Waals surface area contributed by atoms with Crippen LogP contribution in [0.15, 0.2) is 79.1 Å². The number of nitrogens with one attached hydrogen (secondary N) is 1. The monoisotopic (exact) mass is 601 g/mol. The van der Waals surface area contributed by atoms with Crippen LogP contribution in [0.25, 0.3) is 10.8 Å². The minimum Gasteiger partial charge on any atom is -0.464 e. The second-order valence-corrected chi connectivity index (χ2v) is 11.3. The number of aromatic nitrogens is 1. The minimum absolute atomic E-state index is 0.00437. The Balaban J connectivity index is 1.07. The van der Waals surface area contributed by atoms with Gasteiger partial charge in [0.1, 0.15) is 18.2 Å². The molecule has 1 fully saturated rings. The average Bonchev–Trinajstić information content (AvgIpc) is 3.04. The summed E-state index contributed by atoms with van der Waals surface area (Å²) in [5.74, 6) is -1.26. The fourth-order valence-corrected chi connectivity index (χ4v) is 5.50. The normalized spacial score (nSPS) is 17.3. The van der Waals surface area contributed by atoms with Gasteiger partial charge in [0, 0.05) is 25.6 Å². The highest BCUT2D eigenvalue weighted by molar-refractivity contribution is 5.89. The summed E-state index contributed by atoms with van der Waals surface area (Å²) in [7, 11) is 0. The van der Waals surface area contributed by atoms with Crippen molar-refractivity contribution in [2.75, 3.05) is 19.8 Å². The van der Waals surface area contributed by atoms with Crippen molar-refractivity contribution in [3.8, 4) is 0 Å². The van der Waals surface area contributed by atoms with Crippen LogP contribution in [0, 0.1) is 11.6 Å². The first kappa shape index (κ1) is 31.4. The van der Waals surface area contributed by atoms with Gasteiger partial charge >= 0.3 is 5.97 Å². The van der Waals surface area contributed by atoms with E-state index in [1.54, 1.807) is 18.3 Å². The van der Waals surface area contributed by atoms with Gasteiger partial charge in [0.2, 0.25) is 0 Å². The molecule has 0 aliphatic carbocycles. The molecule has 0 saturated carbocycles. The molecule has 1 aliphatic heterocycles. The van der Waals surface area contributed by atoms with Crippen molar-refractivity contribution in [2.24, 2.45) is 5.73 Å². The highest BCUT2D eigenvalue weighted by Crippen LogP contribution is 2.22. The Morgan fingerprint density at radius 1 is 1.00 bits per heavy atom. The summed E-state index contributed by atoms with van der Waals surface area (Å²) in [6.45, 7) is 1.05. The number of halogens is 2. The van der Waals surface area contributed by atoms with Gasteiger partial charge in [-0.25, -0.2) is 8.78 Å². The average molecular weight is 602 g/mol. The molecule has 44 heavy (non-hydrogen) atoms. The van der Waals surface area contributed by atoms with Crippen LogP contribution in [0.2, 0.25) is 0 Å². The number of carbonyl (C=O) groups is 2. The van der Waals surface area contributed by atoms with Crippen molar-refractivity contribution in [1.29, 1.82) is 0 Å². The third-order valence-corrected chi connectivity index (χ3v) is 8.05. The van der Waals surface area contributed by atoms with E-state index in [9.17, 15) is 18.4 Å². The molecular weight excluding hydrogens is 564 g/mol. The molecule has 4 aromatic rings. The van der Waals surface area contributed by atoms with Crippen molar-refractivity contribution in [3.63, 3.8) is 0 Å². The number of morpholine rings is 1. The van der Waals surface area contributed by atoms with E-state index in [-0.39, 0.29) is 49.2 Å². The predicted octanol–water partition coefficient (Wildman–Crippen LogP) is 4.66. The highest BCUT2D eigenvalue weighted by Gasteiger charge is 2.24. The summed E-state index contributed by atoms with van der Waals surface area (Å²) >= 11 is 0. The van der Waals surface area contributed by atoms with E-state index in [2.05, 4.69) is 10.3 Å². The number of hydrogen-bond acceptors (Lipinski definition) is 7. The highest BCUT2D eigenvalue weighted by atomic mass is 19.1. The quantitative estimate of drug-likeness (QED) is 0.215. The third kappa shape index (κ3) is 8.53. The van der Waals surface area contributed by atoms with Crippen LogP contribution in [0.1, 0.15) is 35.1 Å². The Labute approximate surface area is 255 Å². The van der Waals surface area contributed by atoms with Crippen LogP contribution >= 0.6 is 0 Å². The zero-order valence-electron chi connectivity index (χ0n) is 24.5. The minimum atomic E-state index is -0.725. The van der Waals surface area contributed by atoms with Gasteiger partial charge in [0.15, 0.2) is 5.78 Å². The lowest BCUT2D eigenvalue weighted by atomic mass is 9.93. The lowest BCUT2D eigenvalue weighted by Gasteiger charge is -2.30. The van der Waals surface area contributed by atoms with E-state index in [0.29, 0.717) is 50.0 Å². The Morgan fingerprint density at radius 3 is 2.59 bits per heavy atom. The van der Waals surface area contributed by atoms with Crippen molar-refractivity contribution in [3.05, 3.63) is 113 Å². The van der Waals surface area contributed by atoms with Gasteiger partial charge in [-0.3, -0.25) is 14.6 Å². The summed E-state index contributed by atoms with van der Waals surface area (Å²) in [6.07, 6.45) is 4.55. The Bertz CT molecular complexity index is 1570. The van der Waals surface area contributed by atoms with E-state index in [4.69, 9.17) is 15.2 Å². The molecule has 3 atom stereocenters. The Kier molecular flexibility index (Phi) is 10.8. The number of ether oxygens (including phenoxy) is 2. The maximum absolute atomic E-state index is 14.9. The SMILES string of the molecule is N[C@@H](Cc1cccc2ccccc12)C(=O)Cc1cncc(F)c1CC[C@@H]1CN[C@H](COC(=O)CCc2ccc(F)cc2)CO1. The molecule has 2 heterocycles. The number of ketones is 1. The van der Waals surface area contributed by atoms with E-state index < -0.39 is 11.9 Å². The van der Waals surface area contributed by atoms with Gasteiger partial charge in [-0.1, -0.05) is 54.6 Å². The zero-order chi connectivity index (χ0) is 30.9. The largest absolute Gasteiger partial charge is 0.464 e. The fourth-order valence-electron chi connectivity index (χ4n) is 5.50. The van der Waals surface area contributed by atoms with Gasteiger partial charge in [-0.05, 0) is 70.8 Å². The van der Waals surface area contributed by atoms with Gasteiger partial charge < -0.3 is 20.5 Å². The molecule has 0 radical (unpaired) electrons. The second kappa shape index (κ2) is 15.1.